The highest BCUT2D eigenvalue weighted by atomic mass is 79.9. The number of carbonyl (C=O) groups is 2. The van der Waals surface area contributed by atoms with E-state index in [0.29, 0.717) is 0 Å². The van der Waals surface area contributed by atoms with Crippen molar-refractivity contribution in [2.75, 3.05) is 7.11 Å². The lowest BCUT2D eigenvalue weighted by atomic mass is 10.0. The SMILES string of the molecule is CO[C@@H]1O[C@@H](C)[C@H](OC(C)=O)[C@@H](OC(C)=O)[C@H]1Br. The summed E-state index contributed by atoms with van der Waals surface area (Å²) in [4.78, 5) is 21.8. The standard InChI is InChI=1S/C11H17BrO6/c1-5-9(17-6(2)13)10(18-7(3)14)8(12)11(15-4)16-5/h5,8-11H,1-4H3/t5-,8+,9-,10-,11+/m0/s1. The van der Waals surface area contributed by atoms with E-state index < -0.39 is 41.4 Å². The van der Waals surface area contributed by atoms with Crippen molar-refractivity contribution < 1.29 is 28.5 Å². The van der Waals surface area contributed by atoms with Crippen molar-refractivity contribution in [1.29, 1.82) is 0 Å². The molecule has 0 aromatic heterocycles. The van der Waals surface area contributed by atoms with Crippen LogP contribution in [-0.4, -0.2) is 48.5 Å². The predicted octanol–water partition coefficient (Wildman–Crippen LogP) is 1.00. The summed E-state index contributed by atoms with van der Waals surface area (Å²) >= 11 is 3.35. The summed E-state index contributed by atoms with van der Waals surface area (Å²) in [7, 11) is 1.49. The smallest absolute Gasteiger partial charge is 0.303 e. The van der Waals surface area contributed by atoms with E-state index in [1.807, 2.05) is 0 Å². The average Bonchev–Trinajstić information content (AvgIpc) is 2.27. The van der Waals surface area contributed by atoms with Crippen LogP contribution in [0.4, 0.5) is 0 Å². The van der Waals surface area contributed by atoms with Gasteiger partial charge >= 0.3 is 11.9 Å². The number of halogens is 1. The molecule has 7 heteroatoms. The van der Waals surface area contributed by atoms with Gasteiger partial charge in [-0.2, -0.15) is 0 Å². The third-order valence-electron chi connectivity index (χ3n) is 2.55. The molecule has 1 heterocycles. The maximum Gasteiger partial charge on any atom is 0.303 e. The molecule has 1 saturated heterocycles. The van der Waals surface area contributed by atoms with E-state index in [2.05, 4.69) is 15.9 Å². The van der Waals surface area contributed by atoms with Crippen LogP contribution in [0.3, 0.4) is 0 Å². The predicted molar refractivity (Wildman–Crippen MR) is 65.2 cm³/mol. The van der Waals surface area contributed by atoms with Gasteiger partial charge < -0.3 is 18.9 Å². The first kappa shape index (κ1) is 15.4. The molecule has 0 aliphatic carbocycles. The van der Waals surface area contributed by atoms with Crippen LogP contribution in [0.5, 0.6) is 0 Å². The van der Waals surface area contributed by atoms with Gasteiger partial charge in [0, 0.05) is 21.0 Å². The molecule has 5 atom stereocenters. The molecule has 18 heavy (non-hydrogen) atoms. The molecule has 1 fully saturated rings. The molecule has 1 rings (SSSR count). The van der Waals surface area contributed by atoms with Crippen molar-refractivity contribution in [2.45, 2.75) is 50.2 Å². The zero-order valence-electron chi connectivity index (χ0n) is 10.7. The maximum absolute atomic E-state index is 11.1. The van der Waals surface area contributed by atoms with Gasteiger partial charge in [-0.15, -0.1) is 0 Å². The van der Waals surface area contributed by atoms with Gasteiger partial charge in [0.25, 0.3) is 0 Å². The molecule has 0 spiro atoms. The minimum Gasteiger partial charge on any atom is -0.457 e. The van der Waals surface area contributed by atoms with Crippen LogP contribution in [-0.2, 0) is 28.5 Å². The van der Waals surface area contributed by atoms with Crippen LogP contribution in [0, 0.1) is 0 Å². The van der Waals surface area contributed by atoms with Gasteiger partial charge in [0.1, 0.15) is 4.83 Å². The number of hydrogen-bond donors (Lipinski definition) is 0. The van der Waals surface area contributed by atoms with E-state index in [0.717, 1.165) is 0 Å². The van der Waals surface area contributed by atoms with Crippen LogP contribution in [0.15, 0.2) is 0 Å². The van der Waals surface area contributed by atoms with Crippen LogP contribution >= 0.6 is 15.9 Å². The topological polar surface area (TPSA) is 71.1 Å². The maximum atomic E-state index is 11.1. The molecule has 104 valence electrons. The Bertz CT molecular complexity index is 321. The van der Waals surface area contributed by atoms with Crippen molar-refractivity contribution in [2.24, 2.45) is 0 Å². The number of esters is 2. The van der Waals surface area contributed by atoms with E-state index in [1.54, 1.807) is 6.92 Å². The lowest BCUT2D eigenvalue weighted by molar-refractivity contribution is -0.243. The normalized spacial score (nSPS) is 35.9. The molecular formula is C11H17BrO6. The summed E-state index contributed by atoms with van der Waals surface area (Å²) in [6.45, 7) is 4.32. The van der Waals surface area contributed by atoms with Crippen molar-refractivity contribution in [1.82, 2.24) is 0 Å². The Morgan fingerprint density at radius 1 is 1.11 bits per heavy atom. The highest BCUT2D eigenvalue weighted by Crippen LogP contribution is 2.30. The number of methoxy groups -OCH3 is 1. The molecule has 0 radical (unpaired) electrons. The Morgan fingerprint density at radius 2 is 1.61 bits per heavy atom. The summed E-state index contributed by atoms with van der Waals surface area (Å²) in [5.74, 6) is -0.909. The van der Waals surface area contributed by atoms with Crippen molar-refractivity contribution in [3.8, 4) is 0 Å². The minimum absolute atomic E-state index is 0.410. The summed E-state index contributed by atoms with van der Waals surface area (Å²) < 4.78 is 21.0. The lowest BCUT2D eigenvalue weighted by Crippen LogP contribution is -2.57. The van der Waals surface area contributed by atoms with Gasteiger partial charge in [0.2, 0.25) is 0 Å². The minimum atomic E-state index is -0.665. The van der Waals surface area contributed by atoms with Crippen molar-refractivity contribution >= 4 is 27.9 Å². The van der Waals surface area contributed by atoms with Crippen LogP contribution in [0.2, 0.25) is 0 Å². The third-order valence-corrected chi connectivity index (χ3v) is 3.50. The molecular weight excluding hydrogens is 308 g/mol. The van der Waals surface area contributed by atoms with Crippen LogP contribution in [0.1, 0.15) is 20.8 Å². The van der Waals surface area contributed by atoms with Crippen molar-refractivity contribution in [3.05, 3.63) is 0 Å². The van der Waals surface area contributed by atoms with Gasteiger partial charge in [-0.3, -0.25) is 9.59 Å². The molecule has 0 unspecified atom stereocenters. The second-order valence-corrected chi connectivity index (χ2v) is 5.10. The van der Waals surface area contributed by atoms with E-state index in [9.17, 15) is 9.59 Å². The second-order valence-electron chi connectivity index (χ2n) is 4.04. The van der Waals surface area contributed by atoms with Crippen LogP contribution in [0.25, 0.3) is 0 Å². The van der Waals surface area contributed by atoms with E-state index in [-0.39, 0.29) is 0 Å². The summed E-state index contributed by atoms with van der Waals surface area (Å²) in [6.07, 6.45) is -2.32. The first-order chi connectivity index (χ1) is 8.36. The third kappa shape index (κ3) is 3.66. The largest absolute Gasteiger partial charge is 0.457 e. The molecule has 6 nitrogen and oxygen atoms in total. The molecule has 0 bridgehead atoms. The summed E-state index contributed by atoms with van der Waals surface area (Å²) in [6, 6.07) is 0. The molecule has 1 aliphatic heterocycles. The average molecular weight is 325 g/mol. The Labute approximate surface area is 114 Å². The van der Waals surface area contributed by atoms with Gasteiger partial charge in [-0.1, -0.05) is 15.9 Å². The molecule has 0 amide bonds. The lowest BCUT2D eigenvalue weighted by Gasteiger charge is -2.41. The molecule has 0 N–H and O–H groups in total. The first-order valence-corrected chi connectivity index (χ1v) is 6.45. The Balaban J connectivity index is 2.89. The Hall–Kier alpha value is -0.660. The van der Waals surface area contributed by atoms with E-state index >= 15 is 0 Å². The second kappa shape index (κ2) is 6.49. The molecule has 0 saturated carbocycles. The van der Waals surface area contributed by atoms with E-state index in [4.69, 9.17) is 18.9 Å². The van der Waals surface area contributed by atoms with Crippen molar-refractivity contribution in [3.63, 3.8) is 0 Å². The number of alkyl halides is 1. The monoisotopic (exact) mass is 324 g/mol. The zero-order valence-corrected chi connectivity index (χ0v) is 12.3. The summed E-state index contributed by atoms with van der Waals surface area (Å²) in [5.41, 5.74) is 0. The number of rotatable bonds is 3. The van der Waals surface area contributed by atoms with E-state index in [1.165, 1.54) is 21.0 Å². The highest BCUT2D eigenvalue weighted by Gasteiger charge is 2.47. The number of ether oxygens (including phenoxy) is 4. The highest BCUT2D eigenvalue weighted by molar-refractivity contribution is 9.09. The van der Waals surface area contributed by atoms with Gasteiger partial charge in [-0.25, -0.2) is 0 Å². The quantitative estimate of drug-likeness (QED) is 0.570. The van der Waals surface area contributed by atoms with Crippen LogP contribution < -0.4 is 0 Å². The van der Waals surface area contributed by atoms with Gasteiger partial charge in [0.05, 0.1) is 6.10 Å². The Morgan fingerprint density at radius 3 is 2.06 bits per heavy atom. The fourth-order valence-corrected chi connectivity index (χ4v) is 2.58. The first-order valence-electron chi connectivity index (χ1n) is 5.53. The summed E-state index contributed by atoms with van der Waals surface area (Å²) in [5, 5.41) is 0. The fraction of sp³-hybridized carbons (Fsp3) is 0.818. The van der Waals surface area contributed by atoms with Gasteiger partial charge in [0.15, 0.2) is 18.5 Å². The fourth-order valence-electron chi connectivity index (χ4n) is 1.83. The molecule has 0 aromatic carbocycles. The molecule has 0 aromatic rings. The van der Waals surface area contributed by atoms with Gasteiger partial charge in [-0.05, 0) is 6.92 Å². The molecule has 1 aliphatic rings. The zero-order chi connectivity index (χ0) is 13.9. The number of carbonyl (C=O) groups excluding carboxylic acids is 2. The number of hydrogen-bond acceptors (Lipinski definition) is 6. The Kier molecular flexibility index (Phi) is 5.55.